The molecule has 2 heterocycles. The molecule has 6 nitrogen and oxygen atoms in total. The third kappa shape index (κ3) is 2.64. The molecule has 0 aliphatic carbocycles. The molecule has 6 heteroatoms. The Kier molecular flexibility index (Phi) is 4.05. The minimum absolute atomic E-state index is 0.0366. The average Bonchev–Trinajstić information content (AvgIpc) is 3.04. The Morgan fingerprint density at radius 1 is 1.21 bits per heavy atom. The molecule has 1 aromatic heterocycles. The fourth-order valence-electron chi connectivity index (χ4n) is 3.31. The Morgan fingerprint density at radius 2 is 1.92 bits per heavy atom. The fraction of sp³-hybridized carbons (Fsp3) is 0.333. The van der Waals surface area contributed by atoms with E-state index in [0.29, 0.717) is 6.42 Å². The number of fused-ring (bicyclic) bond motifs is 1. The maximum atomic E-state index is 12.8. The summed E-state index contributed by atoms with van der Waals surface area (Å²) in [5.41, 5.74) is 2.22. The van der Waals surface area contributed by atoms with Crippen LogP contribution in [0.3, 0.4) is 0 Å². The topological polar surface area (TPSA) is 80.0 Å². The molecule has 2 aromatic rings. The maximum Gasteiger partial charge on any atom is 0.371 e. The van der Waals surface area contributed by atoms with Crippen LogP contribution in [0.4, 0.5) is 0 Å². The van der Waals surface area contributed by atoms with Crippen molar-refractivity contribution in [2.24, 2.45) is 0 Å². The van der Waals surface area contributed by atoms with Gasteiger partial charge in [-0.3, -0.25) is 4.79 Å². The molecule has 0 spiro atoms. The van der Waals surface area contributed by atoms with E-state index in [4.69, 9.17) is 14.3 Å². The van der Waals surface area contributed by atoms with Gasteiger partial charge in [-0.25, -0.2) is 4.79 Å². The molecule has 1 aromatic carbocycles. The number of furan rings is 1. The van der Waals surface area contributed by atoms with Gasteiger partial charge in [-0.1, -0.05) is 6.07 Å². The molecule has 0 bridgehead atoms. The van der Waals surface area contributed by atoms with Gasteiger partial charge in [0.25, 0.3) is 5.91 Å². The standard InChI is InChI=1S/C18H19NO5/c1-10-8-12-9-13(23-3)4-5-14(12)11(2)19(10)17(20)15-6-7-16(24-15)18(21)22/h4-7,9-11H,8H2,1-3H3,(H,21,22)/t10-,11-/m0/s1. The summed E-state index contributed by atoms with van der Waals surface area (Å²) in [6, 6.07) is 8.38. The second kappa shape index (κ2) is 6.03. The minimum Gasteiger partial charge on any atom is -0.497 e. The largest absolute Gasteiger partial charge is 0.497 e. The normalized spacial score (nSPS) is 19.7. The number of hydrogen-bond acceptors (Lipinski definition) is 4. The third-order valence-corrected chi connectivity index (χ3v) is 4.47. The lowest BCUT2D eigenvalue weighted by Gasteiger charge is -2.40. The molecule has 24 heavy (non-hydrogen) atoms. The number of methoxy groups -OCH3 is 1. The first kappa shape index (κ1) is 16.1. The molecule has 1 amide bonds. The van der Waals surface area contributed by atoms with Gasteiger partial charge in [0.05, 0.1) is 13.2 Å². The van der Waals surface area contributed by atoms with Crippen molar-refractivity contribution in [3.63, 3.8) is 0 Å². The van der Waals surface area contributed by atoms with Gasteiger partial charge in [0.15, 0.2) is 5.76 Å². The molecule has 126 valence electrons. The van der Waals surface area contributed by atoms with Crippen molar-refractivity contribution in [2.75, 3.05) is 7.11 Å². The van der Waals surface area contributed by atoms with Gasteiger partial charge in [-0.15, -0.1) is 0 Å². The van der Waals surface area contributed by atoms with Crippen molar-refractivity contribution in [2.45, 2.75) is 32.4 Å². The van der Waals surface area contributed by atoms with Gasteiger partial charge in [0, 0.05) is 6.04 Å². The molecule has 2 atom stereocenters. The van der Waals surface area contributed by atoms with Crippen LogP contribution in [0.2, 0.25) is 0 Å². The summed E-state index contributed by atoms with van der Waals surface area (Å²) in [5.74, 6) is -0.885. The van der Waals surface area contributed by atoms with E-state index in [2.05, 4.69) is 0 Å². The van der Waals surface area contributed by atoms with Crippen LogP contribution in [-0.2, 0) is 6.42 Å². The molecular formula is C18H19NO5. The second-order valence-electron chi connectivity index (χ2n) is 5.98. The van der Waals surface area contributed by atoms with Crippen LogP contribution in [0.25, 0.3) is 0 Å². The lowest BCUT2D eigenvalue weighted by atomic mass is 9.89. The zero-order valence-electron chi connectivity index (χ0n) is 13.8. The van der Waals surface area contributed by atoms with E-state index in [1.165, 1.54) is 12.1 Å². The van der Waals surface area contributed by atoms with Crippen molar-refractivity contribution >= 4 is 11.9 Å². The highest BCUT2D eigenvalue weighted by Gasteiger charge is 2.34. The average molecular weight is 329 g/mol. The number of carbonyl (C=O) groups excluding carboxylic acids is 1. The van der Waals surface area contributed by atoms with Crippen molar-refractivity contribution in [1.82, 2.24) is 4.90 Å². The van der Waals surface area contributed by atoms with Crippen LogP contribution >= 0.6 is 0 Å². The molecular weight excluding hydrogens is 310 g/mol. The van der Waals surface area contributed by atoms with E-state index >= 15 is 0 Å². The van der Waals surface area contributed by atoms with E-state index in [0.717, 1.165) is 16.9 Å². The lowest BCUT2D eigenvalue weighted by molar-refractivity contribution is 0.0539. The number of hydrogen-bond donors (Lipinski definition) is 1. The summed E-state index contributed by atoms with van der Waals surface area (Å²) in [4.78, 5) is 25.5. The molecule has 1 N–H and O–H groups in total. The van der Waals surface area contributed by atoms with Gasteiger partial charge < -0.3 is 19.2 Å². The first-order chi connectivity index (χ1) is 11.4. The predicted octanol–water partition coefficient (Wildman–Crippen LogP) is 3.13. The van der Waals surface area contributed by atoms with Crippen LogP contribution in [0, 0.1) is 0 Å². The summed E-state index contributed by atoms with van der Waals surface area (Å²) < 4.78 is 10.4. The Morgan fingerprint density at radius 3 is 2.54 bits per heavy atom. The highest BCUT2D eigenvalue weighted by atomic mass is 16.5. The quantitative estimate of drug-likeness (QED) is 0.936. The van der Waals surface area contributed by atoms with E-state index in [9.17, 15) is 9.59 Å². The number of carboxylic acids is 1. The van der Waals surface area contributed by atoms with Crippen molar-refractivity contribution in [3.8, 4) is 5.75 Å². The van der Waals surface area contributed by atoms with Crippen molar-refractivity contribution < 1.29 is 23.8 Å². The zero-order valence-corrected chi connectivity index (χ0v) is 13.8. The summed E-state index contributed by atoms with van der Waals surface area (Å²) >= 11 is 0. The van der Waals surface area contributed by atoms with Gasteiger partial charge in [0.2, 0.25) is 5.76 Å². The monoisotopic (exact) mass is 329 g/mol. The van der Waals surface area contributed by atoms with Crippen LogP contribution in [0.5, 0.6) is 5.75 Å². The predicted molar refractivity (Wildman–Crippen MR) is 86.4 cm³/mol. The Labute approximate surface area is 139 Å². The minimum atomic E-state index is -1.19. The van der Waals surface area contributed by atoms with Crippen LogP contribution in [0.1, 0.15) is 52.1 Å². The number of carboxylic acid groups (broad SMARTS) is 1. The Hall–Kier alpha value is -2.76. The Balaban J connectivity index is 1.92. The lowest BCUT2D eigenvalue weighted by Crippen LogP contribution is -2.44. The summed E-state index contributed by atoms with van der Waals surface area (Å²) in [6.07, 6.45) is 0.703. The molecule has 1 aliphatic rings. The number of carbonyl (C=O) groups is 2. The van der Waals surface area contributed by atoms with E-state index < -0.39 is 5.97 Å². The molecule has 0 unspecified atom stereocenters. The summed E-state index contributed by atoms with van der Waals surface area (Å²) in [5, 5.41) is 8.94. The maximum absolute atomic E-state index is 12.8. The zero-order chi connectivity index (χ0) is 17.4. The summed E-state index contributed by atoms with van der Waals surface area (Å²) in [6.45, 7) is 3.93. The third-order valence-electron chi connectivity index (χ3n) is 4.47. The van der Waals surface area contributed by atoms with Gasteiger partial charge in [-0.05, 0) is 55.7 Å². The van der Waals surface area contributed by atoms with Crippen molar-refractivity contribution in [3.05, 3.63) is 53.0 Å². The molecule has 0 saturated carbocycles. The van der Waals surface area contributed by atoms with Crippen LogP contribution in [0.15, 0.2) is 34.7 Å². The molecule has 0 radical (unpaired) electrons. The van der Waals surface area contributed by atoms with Crippen LogP contribution < -0.4 is 4.74 Å². The SMILES string of the molecule is COc1ccc2c(c1)C[C@H](C)N(C(=O)c1ccc(C(=O)O)o1)[C@H]2C. The second-order valence-corrected chi connectivity index (χ2v) is 5.98. The smallest absolute Gasteiger partial charge is 0.371 e. The number of aromatic carboxylic acids is 1. The van der Waals surface area contributed by atoms with Crippen LogP contribution in [-0.4, -0.2) is 35.0 Å². The number of amides is 1. The first-order valence-corrected chi connectivity index (χ1v) is 7.75. The van der Waals surface area contributed by atoms with E-state index in [-0.39, 0.29) is 29.5 Å². The van der Waals surface area contributed by atoms with E-state index in [1.54, 1.807) is 12.0 Å². The van der Waals surface area contributed by atoms with Gasteiger partial charge in [-0.2, -0.15) is 0 Å². The first-order valence-electron chi connectivity index (χ1n) is 7.75. The Bertz CT molecular complexity index is 794. The molecule has 1 aliphatic heterocycles. The summed E-state index contributed by atoms with van der Waals surface area (Å²) in [7, 11) is 1.63. The number of benzene rings is 1. The fourth-order valence-corrected chi connectivity index (χ4v) is 3.31. The molecule has 0 fully saturated rings. The number of rotatable bonds is 3. The molecule has 3 rings (SSSR count). The molecule has 0 saturated heterocycles. The number of nitrogens with zero attached hydrogens (tertiary/aromatic N) is 1. The van der Waals surface area contributed by atoms with Gasteiger partial charge >= 0.3 is 5.97 Å². The van der Waals surface area contributed by atoms with Gasteiger partial charge in [0.1, 0.15) is 5.75 Å². The van der Waals surface area contributed by atoms with Crippen molar-refractivity contribution in [1.29, 1.82) is 0 Å². The van der Waals surface area contributed by atoms with E-state index in [1.807, 2.05) is 32.0 Å². The highest BCUT2D eigenvalue weighted by molar-refractivity contribution is 5.94. The number of ether oxygens (including phenoxy) is 1. The highest BCUT2D eigenvalue weighted by Crippen LogP contribution is 2.35.